The molecule has 0 aromatic heterocycles. The largest absolute Gasteiger partial charge is 0.310 e. The highest BCUT2D eigenvalue weighted by atomic mass is 15.1. The quantitative estimate of drug-likeness (QED) is 0.871. The van der Waals surface area contributed by atoms with Gasteiger partial charge in [0.15, 0.2) is 0 Å². The van der Waals surface area contributed by atoms with Crippen LogP contribution in [-0.4, -0.2) is 31.1 Å². The maximum absolute atomic E-state index is 3.68. The van der Waals surface area contributed by atoms with Crippen LogP contribution in [0.4, 0.5) is 0 Å². The van der Waals surface area contributed by atoms with E-state index in [1.165, 1.54) is 43.4 Å². The van der Waals surface area contributed by atoms with Crippen molar-refractivity contribution in [3.05, 3.63) is 35.4 Å². The Morgan fingerprint density at radius 3 is 2.84 bits per heavy atom. The van der Waals surface area contributed by atoms with E-state index in [1.807, 2.05) is 0 Å². The van der Waals surface area contributed by atoms with Crippen molar-refractivity contribution in [2.45, 2.75) is 51.6 Å². The van der Waals surface area contributed by atoms with Gasteiger partial charge in [-0.25, -0.2) is 0 Å². The van der Waals surface area contributed by atoms with Crippen LogP contribution in [-0.2, 0) is 0 Å². The molecule has 1 heterocycles. The number of piperidine rings is 1. The van der Waals surface area contributed by atoms with E-state index >= 15 is 0 Å². The monoisotopic (exact) mass is 260 g/mol. The van der Waals surface area contributed by atoms with Crippen LogP contribution >= 0.6 is 0 Å². The first kappa shape index (κ1) is 14.5. The Morgan fingerprint density at radius 1 is 1.32 bits per heavy atom. The molecule has 0 amide bonds. The predicted molar refractivity (Wildman–Crippen MR) is 82.5 cm³/mol. The number of likely N-dealkylation sites (tertiary alicyclic amines) is 1. The molecule has 0 aliphatic carbocycles. The molecule has 1 N–H and O–H groups in total. The molecule has 106 valence electrons. The van der Waals surface area contributed by atoms with Crippen LogP contribution in [0.2, 0.25) is 0 Å². The number of aryl methyl sites for hydroxylation is 1. The third-order valence-electron chi connectivity index (χ3n) is 4.50. The van der Waals surface area contributed by atoms with Gasteiger partial charge < -0.3 is 10.2 Å². The molecular formula is C17H28N2. The first-order chi connectivity index (χ1) is 9.18. The van der Waals surface area contributed by atoms with Crippen LogP contribution in [0.1, 0.15) is 49.8 Å². The standard InChI is InChI=1S/C17H28N2/c1-14-8-4-5-10-17(14)15(2)18-12-11-16-9-6-7-13-19(16)3/h4-5,8,10,15-16,18H,6-7,9,11-13H2,1-3H3/t15-,16?/m0/s1. The fourth-order valence-electron chi connectivity index (χ4n) is 3.16. The molecule has 2 atom stereocenters. The molecule has 19 heavy (non-hydrogen) atoms. The van der Waals surface area contributed by atoms with Gasteiger partial charge in [-0.05, 0) is 64.4 Å². The summed E-state index contributed by atoms with van der Waals surface area (Å²) < 4.78 is 0. The molecular weight excluding hydrogens is 232 g/mol. The van der Waals surface area contributed by atoms with Crippen LogP contribution in [0.25, 0.3) is 0 Å². The van der Waals surface area contributed by atoms with E-state index in [4.69, 9.17) is 0 Å². The van der Waals surface area contributed by atoms with Gasteiger partial charge in [0.1, 0.15) is 0 Å². The number of rotatable bonds is 5. The summed E-state index contributed by atoms with van der Waals surface area (Å²) in [5, 5.41) is 3.68. The third kappa shape index (κ3) is 4.05. The van der Waals surface area contributed by atoms with Crippen molar-refractivity contribution in [3.63, 3.8) is 0 Å². The highest BCUT2D eigenvalue weighted by Crippen LogP contribution is 2.19. The molecule has 1 aromatic carbocycles. The summed E-state index contributed by atoms with van der Waals surface area (Å²) >= 11 is 0. The van der Waals surface area contributed by atoms with Gasteiger partial charge in [-0.1, -0.05) is 30.7 Å². The van der Waals surface area contributed by atoms with Gasteiger partial charge in [0.05, 0.1) is 0 Å². The SMILES string of the molecule is Cc1ccccc1[C@H](C)NCCC1CCCCN1C. The van der Waals surface area contributed by atoms with Crippen molar-refractivity contribution in [3.8, 4) is 0 Å². The van der Waals surface area contributed by atoms with Crippen LogP contribution in [0.5, 0.6) is 0 Å². The maximum Gasteiger partial charge on any atom is 0.0294 e. The lowest BCUT2D eigenvalue weighted by atomic mass is 9.99. The lowest BCUT2D eigenvalue weighted by Crippen LogP contribution is -2.38. The zero-order valence-corrected chi connectivity index (χ0v) is 12.7. The highest BCUT2D eigenvalue weighted by molar-refractivity contribution is 5.28. The third-order valence-corrected chi connectivity index (χ3v) is 4.50. The Labute approximate surface area is 118 Å². The molecule has 0 spiro atoms. The Bertz CT molecular complexity index is 389. The molecule has 2 rings (SSSR count). The van der Waals surface area contributed by atoms with Crippen LogP contribution in [0.3, 0.4) is 0 Å². The van der Waals surface area contributed by atoms with Gasteiger partial charge in [0.2, 0.25) is 0 Å². The summed E-state index contributed by atoms with van der Waals surface area (Å²) in [7, 11) is 2.27. The lowest BCUT2D eigenvalue weighted by Gasteiger charge is -2.32. The van der Waals surface area contributed by atoms with Gasteiger partial charge in [0, 0.05) is 12.1 Å². The van der Waals surface area contributed by atoms with Crippen molar-refractivity contribution in [2.24, 2.45) is 0 Å². The Balaban J connectivity index is 1.77. The summed E-state index contributed by atoms with van der Waals surface area (Å²) in [5.74, 6) is 0. The Hall–Kier alpha value is -0.860. The normalized spacial score (nSPS) is 22.4. The fourth-order valence-corrected chi connectivity index (χ4v) is 3.16. The van der Waals surface area contributed by atoms with E-state index in [0.717, 1.165) is 12.6 Å². The Morgan fingerprint density at radius 2 is 2.11 bits per heavy atom. The number of benzene rings is 1. The van der Waals surface area contributed by atoms with Crippen LogP contribution in [0.15, 0.2) is 24.3 Å². The lowest BCUT2D eigenvalue weighted by molar-refractivity contribution is 0.174. The molecule has 0 bridgehead atoms. The second kappa shape index (κ2) is 7.06. The predicted octanol–water partition coefficient (Wildman–Crippen LogP) is 3.52. The number of hydrogen-bond acceptors (Lipinski definition) is 2. The minimum absolute atomic E-state index is 0.454. The van der Waals surface area contributed by atoms with Crippen LogP contribution in [0, 0.1) is 6.92 Å². The molecule has 2 nitrogen and oxygen atoms in total. The molecule has 1 saturated heterocycles. The van der Waals surface area contributed by atoms with E-state index in [0.29, 0.717) is 6.04 Å². The number of hydrogen-bond donors (Lipinski definition) is 1. The first-order valence-electron chi connectivity index (χ1n) is 7.67. The van der Waals surface area contributed by atoms with E-state index < -0.39 is 0 Å². The molecule has 1 aliphatic rings. The topological polar surface area (TPSA) is 15.3 Å². The smallest absolute Gasteiger partial charge is 0.0294 e. The minimum atomic E-state index is 0.454. The average molecular weight is 260 g/mol. The summed E-state index contributed by atoms with van der Waals surface area (Å²) in [6, 6.07) is 9.92. The number of nitrogens with zero attached hydrogens (tertiary/aromatic N) is 1. The molecule has 1 fully saturated rings. The summed E-state index contributed by atoms with van der Waals surface area (Å²) in [6.07, 6.45) is 5.42. The molecule has 1 aromatic rings. The van der Waals surface area contributed by atoms with Crippen molar-refractivity contribution in [1.82, 2.24) is 10.2 Å². The summed E-state index contributed by atoms with van der Waals surface area (Å²) in [5.41, 5.74) is 2.82. The van der Waals surface area contributed by atoms with Gasteiger partial charge in [-0.15, -0.1) is 0 Å². The Kier molecular flexibility index (Phi) is 5.41. The highest BCUT2D eigenvalue weighted by Gasteiger charge is 2.18. The van der Waals surface area contributed by atoms with E-state index in [9.17, 15) is 0 Å². The van der Waals surface area contributed by atoms with Crippen molar-refractivity contribution < 1.29 is 0 Å². The van der Waals surface area contributed by atoms with E-state index in [2.05, 4.69) is 55.4 Å². The second-order valence-electron chi connectivity index (χ2n) is 5.95. The zero-order chi connectivity index (χ0) is 13.7. The van der Waals surface area contributed by atoms with E-state index in [1.54, 1.807) is 0 Å². The van der Waals surface area contributed by atoms with Crippen molar-refractivity contribution in [2.75, 3.05) is 20.1 Å². The molecule has 0 saturated carbocycles. The maximum atomic E-state index is 3.68. The number of nitrogens with one attached hydrogen (secondary N) is 1. The minimum Gasteiger partial charge on any atom is -0.310 e. The molecule has 1 unspecified atom stereocenters. The zero-order valence-electron chi connectivity index (χ0n) is 12.7. The van der Waals surface area contributed by atoms with Crippen LogP contribution < -0.4 is 5.32 Å². The average Bonchev–Trinajstić information content (AvgIpc) is 2.41. The van der Waals surface area contributed by atoms with E-state index in [-0.39, 0.29) is 0 Å². The van der Waals surface area contributed by atoms with Gasteiger partial charge in [0.25, 0.3) is 0 Å². The molecule has 0 radical (unpaired) electrons. The molecule has 1 aliphatic heterocycles. The summed E-state index contributed by atoms with van der Waals surface area (Å²) in [4.78, 5) is 2.53. The van der Waals surface area contributed by atoms with Gasteiger partial charge >= 0.3 is 0 Å². The van der Waals surface area contributed by atoms with Gasteiger partial charge in [-0.3, -0.25) is 0 Å². The summed E-state index contributed by atoms with van der Waals surface area (Å²) in [6.45, 7) is 6.86. The molecule has 2 heteroatoms. The van der Waals surface area contributed by atoms with Crippen molar-refractivity contribution >= 4 is 0 Å². The van der Waals surface area contributed by atoms with Crippen molar-refractivity contribution in [1.29, 1.82) is 0 Å². The second-order valence-corrected chi connectivity index (χ2v) is 5.95. The fraction of sp³-hybridized carbons (Fsp3) is 0.647. The first-order valence-corrected chi connectivity index (χ1v) is 7.67. The van der Waals surface area contributed by atoms with Gasteiger partial charge in [-0.2, -0.15) is 0 Å².